The molecule has 2 aromatic carbocycles. The van der Waals surface area contributed by atoms with Crippen molar-refractivity contribution in [2.45, 2.75) is 12.8 Å². The molecule has 2 rings (SSSR count). The zero-order valence-corrected chi connectivity index (χ0v) is 13.6. The van der Waals surface area contributed by atoms with Gasteiger partial charge < -0.3 is 10.5 Å². The van der Waals surface area contributed by atoms with Gasteiger partial charge in [-0.3, -0.25) is 0 Å². The quantitative estimate of drug-likeness (QED) is 0.854. The molecule has 2 aromatic rings. The number of methoxy groups -OCH3 is 1. The molecule has 0 amide bonds. The minimum Gasteiger partial charge on any atom is -0.497 e. The summed E-state index contributed by atoms with van der Waals surface area (Å²) in [5.41, 5.74) is 8.17. The molecule has 0 aliphatic heterocycles. The predicted octanol–water partition coefficient (Wildman–Crippen LogP) is 3.96. The Labute approximate surface area is 133 Å². The molecule has 21 heavy (non-hydrogen) atoms. The first-order chi connectivity index (χ1) is 10.1. The van der Waals surface area contributed by atoms with E-state index in [1.54, 1.807) is 7.11 Å². The van der Waals surface area contributed by atoms with Gasteiger partial charge in [-0.2, -0.15) is 0 Å². The van der Waals surface area contributed by atoms with Crippen LogP contribution in [-0.4, -0.2) is 13.7 Å². The van der Waals surface area contributed by atoms with Crippen molar-refractivity contribution in [3.63, 3.8) is 0 Å². The largest absolute Gasteiger partial charge is 0.497 e. The van der Waals surface area contributed by atoms with Gasteiger partial charge in [-0.05, 0) is 66.8 Å². The van der Waals surface area contributed by atoms with Crippen LogP contribution in [0.4, 0.5) is 4.39 Å². The SMILES string of the molecule is COc1ccc(Br)c(CC(CN)Cc2ccc(F)cc2)c1. The average Bonchev–Trinajstić information content (AvgIpc) is 2.50. The lowest BCUT2D eigenvalue weighted by molar-refractivity contribution is 0.413. The summed E-state index contributed by atoms with van der Waals surface area (Å²) in [6, 6.07) is 12.5. The van der Waals surface area contributed by atoms with Crippen LogP contribution in [0.3, 0.4) is 0 Å². The molecule has 2 nitrogen and oxygen atoms in total. The van der Waals surface area contributed by atoms with Gasteiger partial charge in [0.1, 0.15) is 11.6 Å². The van der Waals surface area contributed by atoms with Gasteiger partial charge in [-0.15, -0.1) is 0 Å². The van der Waals surface area contributed by atoms with E-state index in [1.807, 2.05) is 30.3 Å². The summed E-state index contributed by atoms with van der Waals surface area (Å²) in [5.74, 6) is 0.934. The first kappa shape index (κ1) is 16.0. The molecule has 4 heteroatoms. The Morgan fingerprint density at radius 3 is 2.48 bits per heavy atom. The molecule has 0 aliphatic carbocycles. The van der Waals surface area contributed by atoms with E-state index in [9.17, 15) is 4.39 Å². The van der Waals surface area contributed by atoms with Crippen LogP contribution in [0.2, 0.25) is 0 Å². The zero-order valence-electron chi connectivity index (χ0n) is 12.0. The van der Waals surface area contributed by atoms with Crippen LogP contribution < -0.4 is 10.5 Å². The molecule has 0 radical (unpaired) electrons. The van der Waals surface area contributed by atoms with Crippen molar-refractivity contribution < 1.29 is 9.13 Å². The third-order valence-corrected chi connectivity index (χ3v) is 4.31. The van der Waals surface area contributed by atoms with Crippen LogP contribution in [0.25, 0.3) is 0 Å². The average molecular weight is 352 g/mol. The first-order valence-corrected chi connectivity index (χ1v) is 7.68. The van der Waals surface area contributed by atoms with E-state index < -0.39 is 0 Å². The Morgan fingerprint density at radius 1 is 1.14 bits per heavy atom. The molecule has 2 N–H and O–H groups in total. The Hall–Kier alpha value is -1.39. The molecule has 0 heterocycles. The van der Waals surface area contributed by atoms with Gasteiger partial charge in [-0.25, -0.2) is 4.39 Å². The molecule has 0 bridgehead atoms. The van der Waals surface area contributed by atoms with Crippen LogP contribution in [0, 0.1) is 11.7 Å². The Morgan fingerprint density at radius 2 is 1.86 bits per heavy atom. The maximum absolute atomic E-state index is 12.9. The standard InChI is InChI=1S/C17H19BrFNO/c1-21-16-6-7-17(18)14(10-16)9-13(11-20)8-12-2-4-15(19)5-3-12/h2-7,10,13H,8-9,11,20H2,1H3. The molecule has 1 atom stereocenters. The van der Waals surface area contributed by atoms with Gasteiger partial charge in [0.15, 0.2) is 0 Å². The maximum Gasteiger partial charge on any atom is 0.123 e. The molecule has 0 aliphatic rings. The highest BCUT2D eigenvalue weighted by Crippen LogP contribution is 2.25. The van der Waals surface area contributed by atoms with E-state index in [0.29, 0.717) is 12.5 Å². The van der Waals surface area contributed by atoms with Crippen molar-refractivity contribution in [1.29, 1.82) is 0 Å². The number of hydrogen-bond donors (Lipinski definition) is 1. The summed E-state index contributed by atoms with van der Waals surface area (Å²) in [5, 5.41) is 0. The van der Waals surface area contributed by atoms with Crippen molar-refractivity contribution in [3.05, 3.63) is 63.9 Å². The highest BCUT2D eigenvalue weighted by atomic mass is 79.9. The van der Waals surface area contributed by atoms with Crippen LogP contribution in [0.1, 0.15) is 11.1 Å². The second-order valence-corrected chi connectivity index (χ2v) is 5.95. The third-order valence-electron chi connectivity index (χ3n) is 3.53. The van der Waals surface area contributed by atoms with Crippen molar-refractivity contribution in [1.82, 2.24) is 0 Å². The Balaban J connectivity index is 2.10. The fraction of sp³-hybridized carbons (Fsp3) is 0.294. The maximum atomic E-state index is 12.9. The lowest BCUT2D eigenvalue weighted by atomic mass is 9.92. The second kappa shape index (κ2) is 7.57. The van der Waals surface area contributed by atoms with E-state index in [-0.39, 0.29) is 5.82 Å². The fourth-order valence-electron chi connectivity index (χ4n) is 2.34. The number of hydrogen-bond acceptors (Lipinski definition) is 2. The molecular formula is C17H19BrFNO. The lowest BCUT2D eigenvalue weighted by Gasteiger charge is -2.16. The van der Waals surface area contributed by atoms with Crippen LogP contribution in [0.5, 0.6) is 5.75 Å². The third kappa shape index (κ3) is 4.55. The summed E-state index contributed by atoms with van der Waals surface area (Å²) < 4.78 is 19.3. The minimum atomic E-state index is -0.210. The summed E-state index contributed by atoms with van der Waals surface area (Å²) in [6.07, 6.45) is 1.69. The van der Waals surface area contributed by atoms with Gasteiger partial charge in [0.2, 0.25) is 0 Å². The molecule has 0 saturated carbocycles. The van der Waals surface area contributed by atoms with Gasteiger partial charge in [-0.1, -0.05) is 28.1 Å². The van der Waals surface area contributed by atoms with E-state index in [1.165, 1.54) is 17.7 Å². The van der Waals surface area contributed by atoms with Crippen molar-refractivity contribution >= 4 is 15.9 Å². The second-order valence-electron chi connectivity index (χ2n) is 5.09. The first-order valence-electron chi connectivity index (χ1n) is 6.89. The zero-order chi connectivity index (χ0) is 15.2. The smallest absolute Gasteiger partial charge is 0.123 e. The topological polar surface area (TPSA) is 35.2 Å². The highest BCUT2D eigenvalue weighted by molar-refractivity contribution is 9.10. The number of benzene rings is 2. The van der Waals surface area contributed by atoms with Gasteiger partial charge in [0, 0.05) is 4.47 Å². The van der Waals surface area contributed by atoms with Crippen molar-refractivity contribution in [2.75, 3.05) is 13.7 Å². The monoisotopic (exact) mass is 351 g/mol. The minimum absolute atomic E-state index is 0.210. The van der Waals surface area contributed by atoms with E-state index >= 15 is 0 Å². The normalized spacial score (nSPS) is 12.2. The van der Waals surface area contributed by atoms with E-state index in [0.717, 1.165) is 28.6 Å². The summed E-state index contributed by atoms with van der Waals surface area (Å²) >= 11 is 3.57. The number of halogens is 2. The molecule has 0 saturated heterocycles. The van der Waals surface area contributed by atoms with E-state index in [2.05, 4.69) is 15.9 Å². The van der Waals surface area contributed by atoms with Gasteiger partial charge >= 0.3 is 0 Å². The van der Waals surface area contributed by atoms with Crippen LogP contribution >= 0.6 is 15.9 Å². The van der Waals surface area contributed by atoms with Gasteiger partial charge in [0.25, 0.3) is 0 Å². The molecule has 0 fully saturated rings. The summed E-state index contributed by atoms with van der Waals surface area (Å²) in [6.45, 7) is 0.584. The highest BCUT2D eigenvalue weighted by Gasteiger charge is 2.12. The van der Waals surface area contributed by atoms with Crippen molar-refractivity contribution in [3.8, 4) is 5.75 Å². The lowest BCUT2D eigenvalue weighted by Crippen LogP contribution is -2.19. The Bertz CT molecular complexity index is 586. The number of nitrogens with two attached hydrogens (primary N) is 1. The van der Waals surface area contributed by atoms with Crippen molar-refractivity contribution in [2.24, 2.45) is 11.7 Å². The van der Waals surface area contributed by atoms with E-state index in [4.69, 9.17) is 10.5 Å². The molecule has 1 unspecified atom stereocenters. The van der Waals surface area contributed by atoms with Crippen LogP contribution in [0.15, 0.2) is 46.9 Å². The van der Waals surface area contributed by atoms with Gasteiger partial charge in [0.05, 0.1) is 7.11 Å². The summed E-state index contributed by atoms with van der Waals surface area (Å²) in [7, 11) is 1.66. The number of ether oxygens (including phenoxy) is 1. The molecule has 112 valence electrons. The molecule has 0 spiro atoms. The Kier molecular flexibility index (Phi) is 5.76. The summed E-state index contributed by atoms with van der Waals surface area (Å²) in [4.78, 5) is 0. The molecule has 0 aromatic heterocycles. The fourth-order valence-corrected chi connectivity index (χ4v) is 2.75. The molecular weight excluding hydrogens is 333 g/mol. The van der Waals surface area contributed by atoms with Crippen LogP contribution in [-0.2, 0) is 12.8 Å². The predicted molar refractivity (Wildman–Crippen MR) is 87.0 cm³/mol. The number of rotatable bonds is 6.